The van der Waals surface area contributed by atoms with Gasteiger partial charge in [0.1, 0.15) is 11.4 Å². The van der Waals surface area contributed by atoms with Gasteiger partial charge in [0.15, 0.2) is 0 Å². The van der Waals surface area contributed by atoms with Crippen molar-refractivity contribution in [1.29, 1.82) is 0 Å². The molecule has 3 aromatic carbocycles. The number of rotatable bonds is 7. The molecule has 0 saturated carbocycles. The average Bonchev–Trinajstić information content (AvgIpc) is 3.67. The van der Waals surface area contributed by atoms with Gasteiger partial charge in [0, 0.05) is 16.6 Å². The number of carbonyl (C=O) groups excluding carboxylic acids is 2. The molecule has 3 heterocycles. The number of benzene rings is 3. The lowest BCUT2D eigenvalue weighted by Crippen LogP contribution is -2.20. The van der Waals surface area contributed by atoms with Gasteiger partial charge in [0.25, 0.3) is 5.91 Å². The molecular formula is C28H22N8O2S. The molecule has 192 valence electrons. The number of thiophene rings is 1. The van der Waals surface area contributed by atoms with Crippen molar-refractivity contribution in [1.82, 2.24) is 30.0 Å². The second-order valence-corrected chi connectivity index (χ2v) is 9.75. The van der Waals surface area contributed by atoms with Crippen LogP contribution in [-0.2, 0) is 11.3 Å². The molecule has 0 aliphatic rings. The number of anilines is 2. The molecule has 0 radical (unpaired) electrons. The first-order valence-electron chi connectivity index (χ1n) is 12.1. The Labute approximate surface area is 226 Å². The van der Waals surface area contributed by atoms with Crippen molar-refractivity contribution in [2.45, 2.75) is 13.5 Å². The van der Waals surface area contributed by atoms with Gasteiger partial charge >= 0.3 is 0 Å². The van der Waals surface area contributed by atoms with Gasteiger partial charge in [-0.15, -0.1) is 21.5 Å². The van der Waals surface area contributed by atoms with Crippen LogP contribution in [0.15, 0.2) is 91.0 Å². The van der Waals surface area contributed by atoms with Crippen LogP contribution in [0.5, 0.6) is 0 Å². The summed E-state index contributed by atoms with van der Waals surface area (Å²) >= 11 is 1.38. The fraction of sp³-hybridized carbons (Fsp3) is 0.0714. The summed E-state index contributed by atoms with van der Waals surface area (Å²) in [6.45, 7) is 1.83. The molecule has 3 aromatic heterocycles. The molecule has 6 rings (SSSR count). The smallest absolute Gasteiger partial charge is 0.265 e. The van der Waals surface area contributed by atoms with E-state index >= 15 is 0 Å². The highest BCUT2D eigenvalue weighted by Crippen LogP contribution is 2.32. The summed E-state index contributed by atoms with van der Waals surface area (Å²) < 4.78 is 1.86. The van der Waals surface area contributed by atoms with Crippen LogP contribution >= 0.6 is 11.3 Å². The number of tetrazole rings is 1. The van der Waals surface area contributed by atoms with Crippen molar-refractivity contribution >= 4 is 44.7 Å². The molecule has 0 unspecified atom stereocenters. The number of para-hydroxylation sites is 3. The molecule has 0 fully saturated rings. The highest BCUT2D eigenvalue weighted by molar-refractivity contribution is 7.20. The molecule has 0 aliphatic heterocycles. The first-order chi connectivity index (χ1) is 19.0. The van der Waals surface area contributed by atoms with E-state index in [0.29, 0.717) is 27.6 Å². The minimum atomic E-state index is -0.277. The number of hydrogen-bond acceptors (Lipinski definition) is 7. The third-order valence-electron chi connectivity index (χ3n) is 5.98. The Kier molecular flexibility index (Phi) is 6.39. The highest BCUT2D eigenvalue weighted by Gasteiger charge is 2.19. The predicted octanol–water partition coefficient (Wildman–Crippen LogP) is 4.94. The quantitative estimate of drug-likeness (QED) is 0.299. The number of hydrogen-bond donors (Lipinski definition) is 2. The normalized spacial score (nSPS) is 11.0. The number of amides is 2. The van der Waals surface area contributed by atoms with E-state index in [1.165, 1.54) is 16.1 Å². The minimum absolute atomic E-state index is 0.101. The predicted molar refractivity (Wildman–Crippen MR) is 150 cm³/mol. The molecule has 0 atom stereocenters. The summed E-state index contributed by atoms with van der Waals surface area (Å²) in [5.41, 5.74) is 3.59. The maximum atomic E-state index is 13.3. The van der Waals surface area contributed by atoms with Crippen molar-refractivity contribution in [2.75, 3.05) is 10.6 Å². The van der Waals surface area contributed by atoms with Crippen LogP contribution in [0.4, 0.5) is 11.4 Å². The second kappa shape index (κ2) is 10.3. The first kappa shape index (κ1) is 24.2. The van der Waals surface area contributed by atoms with Crippen molar-refractivity contribution < 1.29 is 9.59 Å². The number of fused-ring (bicyclic) bond motifs is 1. The Morgan fingerprint density at radius 3 is 2.38 bits per heavy atom. The third kappa shape index (κ3) is 5.03. The summed E-state index contributed by atoms with van der Waals surface area (Å²) in [5.74, 6) is -0.233. The molecule has 0 saturated heterocycles. The van der Waals surface area contributed by atoms with Crippen molar-refractivity contribution in [3.8, 4) is 17.1 Å². The molecule has 2 N–H and O–H groups in total. The topological polar surface area (TPSA) is 120 Å². The van der Waals surface area contributed by atoms with Gasteiger partial charge in [-0.3, -0.25) is 9.59 Å². The SMILES string of the molecule is Cc1nn(-c2ccccc2)c2sc(C(=O)Nc3ccccc3-c3nnn(CC(=O)Nc4ccccc4)n3)cc12. The molecule has 0 spiro atoms. The number of nitrogens with zero attached hydrogens (tertiary/aromatic N) is 6. The number of carbonyl (C=O) groups is 2. The van der Waals surface area contributed by atoms with Gasteiger partial charge in [0.05, 0.1) is 21.9 Å². The molecule has 6 aromatic rings. The highest BCUT2D eigenvalue weighted by atomic mass is 32.1. The lowest BCUT2D eigenvalue weighted by atomic mass is 10.1. The Morgan fingerprint density at radius 2 is 1.59 bits per heavy atom. The van der Waals surface area contributed by atoms with Crippen LogP contribution in [0.25, 0.3) is 27.3 Å². The summed E-state index contributed by atoms with van der Waals surface area (Å²) in [6.07, 6.45) is 0. The van der Waals surface area contributed by atoms with Crippen LogP contribution in [0.3, 0.4) is 0 Å². The van der Waals surface area contributed by atoms with Gasteiger partial charge < -0.3 is 10.6 Å². The zero-order valence-corrected chi connectivity index (χ0v) is 21.6. The van der Waals surface area contributed by atoms with E-state index in [-0.39, 0.29) is 18.4 Å². The van der Waals surface area contributed by atoms with Crippen LogP contribution in [0, 0.1) is 6.92 Å². The van der Waals surface area contributed by atoms with Gasteiger partial charge in [-0.25, -0.2) is 4.68 Å². The number of aromatic nitrogens is 6. The van der Waals surface area contributed by atoms with Gasteiger partial charge in [0.2, 0.25) is 11.7 Å². The van der Waals surface area contributed by atoms with Crippen molar-refractivity contribution in [3.63, 3.8) is 0 Å². The molecule has 11 heteroatoms. The molecule has 0 bridgehead atoms. The second-order valence-electron chi connectivity index (χ2n) is 8.72. The fourth-order valence-electron chi connectivity index (χ4n) is 4.14. The van der Waals surface area contributed by atoms with Crippen molar-refractivity contribution in [2.24, 2.45) is 0 Å². The number of nitrogens with one attached hydrogen (secondary N) is 2. The Morgan fingerprint density at radius 1 is 0.872 bits per heavy atom. The van der Waals surface area contributed by atoms with E-state index in [9.17, 15) is 9.59 Å². The Bertz CT molecular complexity index is 1790. The molecular weight excluding hydrogens is 512 g/mol. The largest absolute Gasteiger partial charge is 0.324 e. The van der Waals surface area contributed by atoms with Crippen LogP contribution < -0.4 is 10.6 Å². The lowest BCUT2D eigenvalue weighted by molar-refractivity contribution is -0.117. The van der Waals surface area contributed by atoms with Crippen LogP contribution in [-0.4, -0.2) is 41.8 Å². The average molecular weight is 535 g/mol. The third-order valence-corrected chi connectivity index (χ3v) is 7.09. The Hall–Kier alpha value is -5.16. The van der Waals surface area contributed by atoms with Gasteiger partial charge in [-0.1, -0.05) is 48.5 Å². The molecule has 10 nitrogen and oxygen atoms in total. The zero-order valence-electron chi connectivity index (χ0n) is 20.8. The maximum Gasteiger partial charge on any atom is 0.265 e. The van der Waals surface area contributed by atoms with E-state index < -0.39 is 0 Å². The minimum Gasteiger partial charge on any atom is -0.324 e. The van der Waals surface area contributed by atoms with Crippen LogP contribution in [0.1, 0.15) is 15.4 Å². The molecule has 39 heavy (non-hydrogen) atoms. The molecule has 0 aliphatic carbocycles. The monoisotopic (exact) mass is 534 g/mol. The molecule has 2 amide bonds. The van der Waals surface area contributed by atoms with Crippen LogP contribution in [0.2, 0.25) is 0 Å². The van der Waals surface area contributed by atoms with E-state index in [4.69, 9.17) is 0 Å². The Balaban J connectivity index is 1.21. The van der Waals surface area contributed by atoms with Gasteiger partial charge in [-0.2, -0.15) is 9.90 Å². The summed E-state index contributed by atoms with van der Waals surface area (Å²) in [4.78, 5) is 28.4. The van der Waals surface area contributed by atoms with E-state index in [0.717, 1.165) is 21.6 Å². The lowest BCUT2D eigenvalue weighted by Gasteiger charge is -2.08. The van der Waals surface area contributed by atoms with E-state index in [1.807, 2.05) is 78.3 Å². The van der Waals surface area contributed by atoms with E-state index in [2.05, 4.69) is 31.1 Å². The number of aryl methyl sites for hydroxylation is 1. The summed E-state index contributed by atoms with van der Waals surface area (Å²) in [5, 5.41) is 23.8. The van der Waals surface area contributed by atoms with Gasteiger partial charge in [-0.05, 0) is 54.6 Å². The fourth-order valence-corrected chi connectivity index (χ4v) is 5.22. The summed E-state index contributed by atoms with van der Waals surface area (Å²) in [7, 11) is 0. The van der Waals surface area contributed by atoms with E-state index in [1.54, 1.807) is 24.3 Å². The maximum absolute atomic E-state index is 13.3. The summed E-state index contributed by atoms with van der Waals surface area (Å²) in [6, 6.07) is 28.0. The first-order valence-corrected chi connectivity index (χ1v) is 12.9. The van der Waals surface area contributed by atoms with Crippen molar-refractivity contribution in [3.05, 3.63) is 102 Å². The zero-order chi connectivity index (χ0) is 26.8. The standard InChI is InChI=1S/C28H22N8O2S/c1-18-22-16-24(39-28(22)36(32-18)20-12-6-3-7-13-20)27(38)30-23-15-9-8-14-21(23)26-31-34-35(33-26)17-25(37)29-19-10-4-2-5-11-19/h2-16H,17H2,1H3,(H,29,37)(H,30,38).